The van der Waals surface area contributed by atoms with Crippen LogP contribution in [-0.4, -0.2) is 17.9 Å². The molecule has 18 heavy (non-hydrogen) atoms. The molecule has 1 aliphatic rings. The Morgan fingerprint density at radius 2 is 1.83 bits per heavy atom. The lowest BCUT2D eigenvalue weighted by molar-refractivity contribution is 0.0879. The Hall–Kier alpha value is -1.84. The Labute approximate surface area is 107 Å². The van der Waals surface area contributed by atoms with E-state index in [9.17, 15) is 9.59 Å². The van der Waals surface area contributed by atoms with Gasteiger partial charge in [-0.15, -0.1) is 0 Å². The minimum absolute atomic E-state index is 0.309. The molecular weight excluding hydrogens is 228 g/mol. The number of fused-ring (bicyclic) bond motifs is 1. The third-order valence-corrected chi connectivity index (χ3v) is 3.63. The first kappa shape index (κ1) is 12.6. The first-order valence-electron chi connectivity index (χ1n) is 6.29. The highest BCUT2D eigenvalue weighted by Crippen LogP contribution is 2.22. The van der Waals surface area contributed by atoms with Crippen LogP contribution in [0.3, 0.4) is 0 Å². The van der Waals surface area contributed by atoms with Crippen LogP contribution < -0.4 is 10.6 Å². The van der Waals surface area contributed by atoms with Gasteiger partial charge in [0.2, 0.25) is 0 Å². The number of rotatable bonds is 4. The molecule has 2 atom stereocenters. The Bertz CT molecular complexity index is 497. The second-order valence-corrected chi connectivity index (χ2v) is 4.86. The van der Waals surface area contributed by atoms with Crippen molar-refractivity contribution in [2.45, 2.75) is 33.2 Å². The average Bonchev–Trinajstić information content (AvgIpc) is 2.63. The molecule has 2 unspecified atom stereocenters. The van der Waals surface area contributed by atoms with Gasteiger partial charge in [-0.25, -0.2) is 0 Å². The van der Waals surface area contributed by atoms with Crippen LogP contribution in [-0.2, 0) is 0 Å². The zero-order valence-electron chi connectivity index (χ0n) is 10.9. The number of benzene rings is 1. The van der Waals surface area contributed by atoms with Crippen molar-refractivity contribution in [1.82, 2.24) is 5.32 Å². The van der Waals surface area contributed by atoms with Crippen LogP contribution in [0.15, 0.2) is 18.2 Å². The number of hydrogen-bond acceptors (Lipinski definition) is 3. The van der Waals surface area contributed by atoms with Crippen LogP contribution in [0.2, 0.25) is 0 Å². The van der Waals surface area contributed by atoms with Crippen LogP contribution in [0.5, 0.6) is 0 Å². The van der Waals surface area contributed by atoms with Crippen molar-refractivity contribution < 1.29 is 9.59 Å². The van der Waals surface area contributed by atoms with Crippen molar-refractivity contribution in [1.29, 1.82) is 0 Å². The quantitative estimate of drug-likeness (QED) is 0.802. The average molecular weight is 246 g/mol. The van der Waals surface area contributed by atoms with Gasteiger partial charge in [0.15, 0.2) is 0 Å². The Kier molecular flexibility index (Phi) is 3.36. The second kappa shape index (κ2) is 4.80. The van der Waals surface area contributed by atoms with E-state index < -0.39 is 0 Å². The van der Waals surface area contributed by atoms with E-state index >= 15 is 0 Å². The van der Waals surface area contributed by atoms with E-state index in [1.807, 2.05) is 6.07 Å². The summed E-state index contributed by atoms with van der Waals surface area (Å²) in [6.45, 7) is 6.45. The van der Waals surface area contributed by atoms with Gasteiger partial charge in [-0.1, -0.05) is 20.3 Å². The van der Waals surface area contributed by atoms with Crippen molar-refractivity contribution in [3.8, 4) is 0 Å². The molecule has 0 saturated carbocycles. The van der Waals surface area contributed by atoms with Crippen LogP contribution in [0.1, 0.15) is 47.9 Å². The van der Waals surface area contributed by atoms with Gasteiger partial charge in [-0.3, -0.25) is 14.9 Å². The van der Waals surface area contributed by atoms with Gasteiger partial charge in [-0.2, -0.15) is 0 Å². The van der Waals surface area contributed by atoms with Gasteiger partial charge in [0.05, 0.1) is 11.1 Å². The third kappa shape index (κ3) is 2.23. The number of carbonyl (C=O) groups is 2. The van der Waals surface area contributed by atoms with Gasteiger partial charge < -0.3 is 5.32 Å². The van der Waals surface area contributed by atoms with Crippen LogP contribution >= 0.6 is 0 Å². The molecule has 0 bridgehead atoms. The molecule has 1 aromatic carbocycles. The van der Waals surface area contributed by atoms with E-state index in [1.54, 1.807) is 12.1 Å². The minimum atomic E-state index is -0.310. The van der Waals surface area contributed by atoms with Crippen LogP contribution in [0, 0.1) is 5.92 Å². The number of amides is 2. The molecule has 0 spiro atoms. The molecule has 0 aromatic heterocycles. The van der Waals surface area contributed by atoms with Crippen LogP contribution in [0.25, 0.3) is 0 Å². The number of anilines is 1. The molecule has 4 nitrogen and oxygen atoms in total. The smallest absolute Gasteiger partial charge is 0.259 e. The van der Waals surface area contributed by atoms with E-state index in [4.69, 9.17) is 0 Å². The molecule has 0 fully saturated rings. The van der Waals surface area contributed by atoms with Crippen molar-refractivity contribution >= 4 is 17.5 Å². The van der Waals surface area contributed by atoms with Gasteiger partial charge >= 0.3 is 0 Å². The number of hydrogen-bond donors (Lipinski definition) is 2. The molecule has 96 valence electrons. The molecule has 0 saturated heterocycles. The normalized spacial score (nSPS) is 17.1. The molecule has 2 N–H and O–H groups in total. The fraction of sp³-hybridized carbons (Fsp3) is 0.429. The Morgan fingerprint density at radius 3 is 2.50 bits per heavy atom. The lowest BCUT2D eigenvalue weighted by atomic mass is 10.00. The maximum atomic E-state index is 11.5. The summed E-state index contributed by atoms with van der Waals surface area (Å²) < 4.78 is 0. The largest absolute Gasteiger partial charge is 0.382 e. The fourth-order valence-electron chi connectivity index (χ4n) is 2.02. The summed E-state index contributed by atoms with van der Waals surface area (Å²) in [7, 11) is 0. The Morgan fingerprint density at radius 1 is 1.17 bits per heavy atom. The zero-order valence-corrected chi connectivity index (χ0v) is 10.9. The summed E-state index contributed by atoms with van der Waals surface area (Å²) >= 11 is 0. The van der Waals surface area contributed by atoms with Gasteiger partial charge in [-0.05, 0) is 31.0 Å². The highest BCUT2D eigenvalue weighted by molar-refractivity contribution is 6.21. The summed E-state index contributed by atoms with van der Waals surface area (Å²) in [5, 5.41) is 5.66. The predicted molar refractivity (Wildman–Crippen MR) is 70.8 cm³/mol. The number of imide groups is 1. The highest BCUT2D eigenvalue weighted by Gasteiger charge is 2.26. The molecule has 1 heterocycles. The first-order valence-corrected chi connectivity index (χ1v) is 6.29. The van der Waals surface area contributed by atoms with Crippen molar-refractivity contribution in [2.75, 3.05) is 5.32 Å². The molecule has 0 radical (unpaired) electrons. The monoisotopic (exact) mass is 246 g/mol. The summed E-state index contributed by atoms with van der Waals surface area (Å²) in [5.74, 6) is -0.0694. The zero-order chi connectivity index (χ0) is 13.3. The maximum absolute atomic E-state index is 11.5. The van der Waals surface area contributed by atoms with Gasteiger partial charge in [0.25, 0.3) is 11.8 Å². The summed E-state index contributed by atoms with van der Waals surface area (Å²) in [5.41, 5.74) is 1.80. The Balaban J connectivity index is 2.20. The molecular formula is C14H18N2O2. The number of nitrogens with one attached hydrogen (secondary N) is 2. The fourth-order valence-corrected chi connectivity index (χ4v) is 2.02. The molecule has 1 aliphatic heterocycles. The van der Waals surface area contributed by atoms with Gasteiger partial charge in [0.1, 0.15) is 0 Å². The third-order valence-electron chi connectivity index (χ3n) is 3.63. The molecule has 2 amide bonds. The lowest BCUT2D eigenvalue weighted by Gasteiger charge is -2.21. The van der Waals surface area contributed by atoms with Crippen molar-refractivity contribution in [3.63, 3.8) is 0 Å². The van der Waals surface area contributed by atoms with E-state index in [-0.39, 0.29) is 11.8 Å². The van der Waals surface area contributed by atoms with Crippen LogP contribution in [0.4, 0.5) is 5.69 Å². The van der Waals surface area contributed by atoms with E-state index in [0.29, 0.717) is 23.1 Å². The summed E-state index contributed by atoms with van der Waals surface area (Å²) in [6.07, 6.45) is 1.10. The van der Waals surface area contributed by atoms with Crippen molar-refractivity contribution in [2.24, 2.45) is 5.92 Å². The molecule has 0 aliphatic carbocycles. The minimum Gasteiger partial charge on any atom is -0.382 e. The van der Waals surface area contributed by atoms with E-state index in [0.717, 1.165) is 12.1 Å². The molecule has 2 rings (SSSR count). The maximum Gasteiger partial charge on any atom is 0.259 e. The lowest BCUT2D eigenvalue weighted by Crippen LogP contribution is -2.23. The standard InChI is InChI=1S/C14H18N2O2/c1-4-8(2)9(3)15-10-5-6-11-12(7-10)14(18)16-13(11)17/h5-9,15H,4H2,1-3H3,(H,16,17,18). The molecule has 1 aromatic rings. The first-order chi connectivity index (χ1) is 8.52. The summed E-state index contributed by atoms with van der Waals surface area (Å²) in [6, 6.07) is 5.61. The SMILES string of the molecule is CCC(C)C(C)Nc1ccc2c(c1)C(=O)NC2=O. The molecule has 4 heteroatoms. The predicted octanol–water partition coefficient (Wildman–Crippen LogP) is 2.42. The topological polar surface area (TPSA) is 58.2 Å². The van der Waals surface area contributed by atoms with Crippen molar-refractivity contribution in [3.05, 3.63) is 29.3 Å². The van der Waals surface area contributed by atoms with Gasteiger partial charge in [0, 0.05) is 11.7 Å². The van der Waals surface area contributed by atoms with E-state index in [1.165, 1.54) is 0 Å². The van der Waals surface area contributed by atoms with E-state index in [2.05, 4.69) is 31.4 Å². The second-order valence-electron chi connectivity index (χ2n) is 4.86. The highest BCUT2D eigenvalue weighted by atomic mass is 16.2. The number of carbonyl (C=O) groups excluding carboxylic acids is 2. The summed E-state index contributed by atoms with van der Waals surface area (Å²) in [4.78, 5) is 23.0.